The minimum Gasteiger partial charge on any atom is -0.463 e. The van der Waals surface area contributed by atoms with E-state index in [1.54, 1.807) is 0 Å². The summed E-state index contributed by atoms with van der Waals surface area (Å²) in [5, 5.41) is 9.34. The summed E-state index contributed by atoms with van der Waals surface area (Å²) < 4.78 is 17.2. The number of carbonyl (C=O) groups excluding carboxylic acids is 1. The number of hydrogen-bond acceptors (Lipinski definition) is 5. The Morgan fingerprint density at radius 1 is 0.718 bits per heavy atom. The second-order valence-electron chi connectivity index (χ2n) is 15.1. The highest BCUT2D eigenvalue weighted by Gasteiger charge is 2.37. The summed E-state index contributed by atoms with van der Waals surface area (Å²) in [5.74, 6) is -0.261. The standard InChI is InChI=1S/C17H34O3Si.C15H32O2Si/c1-9-19-15(18)11-13-17(5,6)12-10-14-20-21(7,8)16(2,3)4;1-14(2,3)18(6,7)17-13-9-11-15(4,5)10-8-12-16/h11,13H,9-10,12,14H2,1-8H3;8,10,16H,9,11-13H2,1-7H3/b13-11+;10-8+. The maximum atomic E-state index is 11.3. The van der Waals surface area contributed by atoms with Crippen LogP contribution in [0.3, 0.4) is 0 Å². The summed E-state index contributed by atoms with van der Waals surface area (Å²) in [6.45, 7) is 35.4. The highest BCUT2D eigenvalue weighted by molar-refractivity contribution is 6.74. The molecule has 0 aromatic rings. The molecule has 7 heteroatoms. The van der Waals surface area contributed by atoms with Gasteiger partial charge in [0.05, 0.1) is 13.2 Å². The first-order valence-corrected chi connectivity index (χ1v) is 20.7. The van der Waals surface area contributed by atoms with E-state index in [2.05, 4.69) is 102 Å². The van der Waals surface area contributed by atoms with Crippen molar-refractivity contribution in [3.63, 3.8) is 0 Å². The first kappa shape index (κ1) is 40.4. The number of aliphatic hydroxyl groups excluding tert-OH is 1. The van der Waals surface area contributed by atoms with Gasteiger partial charge in [0.25, 0.3) is 0 Å². The van der Waals surface area contributed by atoms with Crippen LogP contribution in [0.25, 0.3) is 0 Å². The Morgan fingerprint density at radius 3 is 1.44 bits per heavy atom. The molecule has 0 amide bonds. The lowest BCUT2D eigenvalue weighted by Gasteiger charge is -2.36. The molecule has 0 fully saturated rings. The summed E-state index contributed by atoms with van der Waals surface area (Å²) in [6.07, 6.45) is 11.6. The van der Waals surface area contributed by atoms with Crippen LogP contribution in [0.15, 0.2) is 24.3 Å². The van der Waals surface area contributed by atoms with Crippen molar-refractivity contribution >= 4 is 22.6 Å². The van der Waals surface area contributed by atoms with Gasteiger partial charge in [0.2, 0.25) is 0 Å². The molecular formula is C32H66O5Si2. The van der Waals surface area contributed by atoms with Gasteiger partial charge >= 0.3 is 5.97 Å². The fraction of sp³-hybridized carbons (Fsp3) is 0.844. The molecule has 0 aliphatic carbocycles. The zero-order valence-electron chi connectivity index (χ0n) is 28.5. The summed E-state index contributed by atoms with van der Waals surface area (Å²) in [5.41, 5.74) is 0.142. The van der Waals surface area contributed by atoms with Crippen LogP contribution in [-0.4, -0.2) is 54.1 Å². The monoisotopic (exact) mass is 586 g/mol. The molecule has 0 atom stereocenters. The molecule has 0 saturated heterocycles. The minimum absolute atomic E-state index is 0.0104. The zero-order valence-corrected chi connectivity index (χ0v) is 30.5. The van der Waals surface area contributed by atoms with E-state index in [0.717, 1.165) is 38.9 Å². The van der Waals surface area contributed by atoms with Crippen molar-refractivity contribution < 1.29 is 23.5 Å². The van der Waals surface area contributed by atoms with E-state index in [9.17, 15) is 4.79 Å². The van der Waals surface area contributed by atoms with Crippen LogP contribution in [-0.2, 0) is 18.4 Å². The van der Waals surface area contributed by atoms with Crippen LogP contribution < -0.4 is 0 Å². The Balaban J connectivity index is 0. The molecule has 39 heavy (non-hydrogen) atoms. The van der Waals surface area contributed by atoms with Crippen molar-refractivity contribution in [2.24, 2.45) is 10.8 Å². The van der Waals surface area contributed by atoms with Crippen molar-refractivity contribution in [1.82, 2.24) is 0 Å². The van der Waals surface area contributed by atoms with Crippen LogP contribution in [0, 0.1) is 10.8 Å². The van der Waals surface area contributed by atoms with Crippen LogP contribution in [0.4, 0.5) is 0 Å². The number of ether oxygens (including phenoxy) is 1. The fourth-order valence-electron chi connectivity index (χ4n) is 3.17. The topological polar surface area (TPSA) is 65.0 Å². The third kappa shape index (κ3) is 19.1. The first-order valence-electron chi connectivity index (χ1n) is 14.9. The quantitative estimate of drug-likeness (QED) is 0.0681. The summed E-state index contributed by atoms with van der Waals surface area (Å²) in [4.78, 5) is 11.3. The smallest absolute Gasteiger partial charge is 0.330 e. The number of rotatable bonds is 15. The Hall–Kier alpha value is -0.736. The number of allylic oxidation sites excluding steroid dienone is 2. The van der Waals surface area contributed by atoms with E-state index in [1.807, 2.05) is 19.1 Å². The van der Waals surface area contributed by atoms with E-state index in [-0.39, 0.29) is 28.4 Å². The highest BCUT2D eigenvalue weighted by atomic mass is 28.4. The zero-order chi connectivity index (χ0) is 31.2. The van der Waals surface area contributed by atoms with Crippen LogP contribution in [0.1, 0.15) is 102 Å². The lowest BCUT2D eigenvalue weighted by atomic mass is 9.87. The third-order valence-corrected chi connectivity index (χ3v) is 17.2. The Morgan fingerprint density at radius 2 is 1.10 bits per heavy atom. The molecule has 0 saturated carbocycles. The molecule has 0 rings (SSSR count). The second-order valence-corrected chi connectivity index (χ2v) is 24.7. The van der Waals surface area contributed by atoms with E-state index in [0.29, 0.717) is 11.6 Å². The van der Waals surface area contributed by atoms with E-state index >= 15 is 0 Å². The van der Waals surface area contributed by atoms with Gasteiger partial charge in [-0.2, -0.15) is 0 Å². The molecule has 1 N–H and O–H groups in total. The Bertz CT molecular complexity index is 739. The van der Waals surface area contributed by atoms with Crippen molar-refractivity contribution in [3.8, 4) is 0 Å². The van der Waals surface area contributed by atoms with Crippen molar-refractivity contribution in [2.45, 2.75) is 138 Å². The van der Waals surface area contributed by atoms with Crippen molar-refractivity contribution in [3.05, 3.63) is 24.3 Å². The predicted octanol–water partition coefficient (Wildman–Crippen LogP) is 9.30. The van der Waals surface area contributed by atoms with Gasteiger partial charge in [0.1, 0.15) is 0 Å². The van der Waals surface area contributed by atoms with Gasteiger partial charge in [-0.05, 0) is 79.7 Å². The molecule has 0 aromatic heterocycles. The highest BCUT2D eigenvalue weighted by Crippen LogP contribution is 2.38. The average molecular weight is 587 g/mol. The third-order valence-electron chi connectivity index (χ3n) is 8.10. The van der Waals surface area contributed by atoms with Gasteiger partial charge in [-0.1, -0.05) is 87.5 Å². The van der Waals surface area contributed by atoms with Gasteiger partial charge in [0, 0.05) is 19.3 Å². The minimum atomic E-state index is -1.64. The summed E-state index contributed by atoms with van der Waals surface area (Å²) in [6, 6.07) is 0. The molecule has 0 aliphatic heterocycles. The number of aliphatic hydroxyl groups is 1. The van der Waals surface area contributed by atoms with Crippen LogP contribution in [0.5, 0.6) is 0 Å². The lowest BCUT2D eigenvalue weighted by Crippen LogP contribution is -2.41. The largest absolute Gasteiger partial charge is 0.463 e. The maximum Gasteiger partial charge on any atom is 0.330 e. The van der Waals surface area contributed by atoms with Crippen molar-refractivity contribution in [2.75, 3.05) is 26.4 Å². The predicted molar refractivity (Wildman–Crippen MR) is 174 cm³/mol. The second kappa shape index (κ2) is 17.3. The molecule has 0 radical (unpaired) electrons. The SMILES string of the molecule is CC(C)(/C=C/CO)CCCO[Si](C)(C)C(C)(C)C.CCOC(=O)/C=C/C(C)(C)CCCO[Si](C)(C)C(C)(C)C. The number of carbonyl (C=O) groups is 1. The molecule has 0 heterocycles. The van der Waals surface area contributed by atoms with Crippen LogP contribution in [0.2, 0.25) is 36.3 Å². The fourth-order valence-corrected chi connectivity index (χ4v) is 5.34. The van der Waals surface area contributed by atoms with Crippen molar-refractivity contribution in [1.29, 1.82) is 0 Å². The van der Waals surface area contributed by atoms with Gasteiger partial charge in [-0.3, -0.25) is 0 Å². The summed E-state index contributed by atoms with van der Waals surface area (Å²) >= 11 is 0. The average Bonchev–Trinajstić information content (AvgIpc) is 2.76. The molecule has 0 unspecified atom stereocenters. The molecule has 0 spiro atoms. The number of hydrogen-bond donors (Lipinski definition) is 1. The molecular weight excluding hydrogens is 521 g/mol. The molecule has 0 bridgehead atoms. The molecule has 232 valence electrons. The van der Waals surface area contributed by atoms with Gasteiger partial charge in [-0.15, -0.1) is 0 Å². The van der Waals surface area contributed by atoms with E-state index in [4.69, 9.17) is 18.7 Å². The normalized spacial score (nSPS) is 14.1. The maximum absolute atomic E-state index is 11.3. The lowest BCUT2D eigenvalue weighted by molar-refractivity contribution is -0.137. The van der Waals surface area contributed by atoms with Gasteiger partial charge < -0.3 is 18.7 Å². The number of esters is 1. The van der Waals surface area contributed by atoms with E-state index < -0.39 is 16.6 Å². The Labute approximate surface area is 245 Å². The molecule has 0 aliphatic rings. The first-order chi connectivity index (χ1) is 17.4. The van der Waals surface area contributed by atoms with Crippen LogP contribution >= 0.6 is 0 Å². The molecule has 5 nitrogen and oxygen atoms in total. The summed E-state index contributed by atoms with van der Waals surface area (Å²) in [7, 11) is -3.23. The van der Waals surface area contributed by atoms with Gasteiger partial charge in [-0.25, -0.2) is 4.79 Å². The van der Waals surface area contributed by atoms with Gasteiger partial charge in [0.15, 0.2) is 16.6 Å². The molecule has 0 aromatic carbocycles. The Kier molecular flexibility index (Phi) is 17.9. The van der Waals surface area contributed by atoms with E-state index in [1.165, 1.54) is 6.08 Å².